The van der Waals surface area contributed by atoms with Crippen LogP contribution in [0, 0.1) is 12.8 Å². The molecule has 0 bridgehead atoms. The third kappa shape index (κ3) is 9.21. The summed E-state index contributed by atoms with van der Waals surface area (Å²) in [4.78, 5) is 44.6. The first-order valence-electron chi connectivity index (χ1n) is 12.5. The Labute approximate surface area is 216 Å². The summed E-state index contributed by atoms with van der Waals surface area (Å²) in [5.74, 6) is 0.340. The number of carboxylic acid groups (broad SMARTS) is 1. The normalized spacial score (nSPS) is 15.5. The van der Waals surface area contributed by atoms with Crippen LogP contribution in [0.5, 0.6) is 0 Å². The molecule has 2 atom stereocenters. The number of ether oxygens (including phenoxy) is 1. The number of urea groups is 1. The summed E-state index contributed by atoms with van der Waals surface area (Å²) in [6, 6.07) is 9.91. The van der Waals surface area contributed by atoms with Crippen molar-refractivity contribution in [2.75, 3.05) is 17.2 Å². The Morgan fingerprint density at radius 1 is 1.14 bits per heavy atom. The summed E-state index contributed by atoms with van der Waals surface area (Å²) in [7, 11) is 0. The summed E-state index contributed by atoms with van der Waals surface area (Å²) in [5.41, 5.74) is 2.25. The molecule has 1 aliphatic heterocycles. The number of hydrogen-bond donors (Lipinski definition) is 4. The summed E-state index contributed by atoms with van der Waals surface area (Å²) in [6.07, 6.45) is 3.75. The third-order valence-corrected chi connectivity index (χ3v) is 5.82. The molecule has 0 fully saturated rings. The third-order valence-electron chi connectivity index (χ3n) is 5.82. The van der Waals surface area contributed by atoms with Gasteiger partial charge in [-0.25, -0.2) is 14.8 Å². The Hall–Kier alpha value is -3.95. The molecule has 0 radical (unpaired) electrons. The van der Waals surface area contributed by atoms with E-state index in [-0.39, 0.29) is 30.8 Å². The molecule has 0 saturated carbocycles. The molecule has 0 spiro atoms. The lowest BCUT2D eigenvalue weighted by Crippen LogP contribution is -2.42. The molecule has 0 saturated heterocycles. The fourth-order valence-corrected chi connectivity index (χ4v) is 3.98. The SMILES string of the molecule is Cc1cccnc1NC(=O)Nc1ccc(CC(=O)NC(CC(C)C)C2=NC(CCCC(=O)O)CO2)cc1. The van der Waals surface area contributed by atoms with Crippen LogP contribution in [-0.2, 0) is 20.7 Å². The Morgan fingerprint density at radius 3 is 2.57 bits per heavy atom. The van der Waals surface area contributed by atoms with E-state index in [4.69, 9.17) is 9.84 Å². The first-order chi connectivity index (χ1) is 17.7. The average molecular weight is 510 g/mol. The molecule has 2 aromatic rings. The minimum absolute atomic E-state index is 0.0836. The van der Waals surface area contributed by atoms with Crippen molar-refractivity contribution in [3.05, 3.63) is 53.7 Å². The van der Waals surface area contributed by atoms with Gasteiger partial charge >= 0.3 is 12.0 Å². The van der Waals surface area contributed by atoms with Crippen LogP contribution in [0.15, 0.2) is 47.6 Å². The van der Waals surface area contributed by atoms with Crippen LogP contribution in [0.2, 0.25) is 0 Å². The number of carbonyl (C=O) groups is 3. The minimum Gasteiger partial charge on any atom is -0.481 e. The first-order valence-corrected chi connectivity index (χ1v) is 12.5. The first kappa shape index (κ1) is 27.6. The molecule has 1 aromatic carbocycles. The molecule has 3 rings (SSSR count). The van der Waals surface area contributed by atoms with Gasteiger partial charge in [0.25, 0.3) is 0 Å². The van der Waals surface area contributed by atoms with Crippen LogP contribution in [0.1, 0.15) is 50.7 Å². The molecule has 1 aliphatic rings. The van der Waals surface area contributed by atoms with E-state index in [1.54, 1.807) is 36.5 Å². The van der Waals surface area contributed by atoms with E-state index in [9.17, 15) is 14.4 Å². The molecular formula is C27H35N5O5. The van der Waals surface area contributed by atoms with E-state index in [1.165, 1.54) is 0 Å². The van der Waals surface area contributed by atoms with Crippen molar-refractivity contribution in [1.82, 2.24) is 10.3 Å². The van der Waals surface area contributed by atoms with Crippen LogP contribution in [0.3, 0.4) is 0 Å². The predicted molar refractivity (Wildman–Crippen MR) is 142 cm³/mol. The summed E-state index contributed by atoms with van der Waals surface area (Å²) >= 11 is 0. The van der Waals surface area contributed by atoms with Gasteiger partial charge in [-0.2, -0.15) is 0 Å². The van der Waals surface area contributed by atoms with E-state index in [0.29, 0.717) is 49.2 Å². The van der Waals surface area contributed by atoms with Gasteiger partial charge in [-0.15, -0.1) is 0 Å². The number of carbonyl (C=O) groups excluding carboxylic acids is 2. The number of nitrogens with one attached hydrogen (secondary N) is 3. The van der Waals surface area contributed by atoms with Gasteiger partial charge in [0, 0.05) is 18.3 Å². The average Bonchev–Trinajstić information content (AvgIpc) is 3.30. The van der Waals surface area contributed by atoms with Crippen molar-refractivity contribution >= 4 is 35.3 Å². The van der Waals surface area contributed by atoms with E-state index < -0.39 is 12.0 Å². The van der Waals surface area contributed by atoms with Crippen LogP contribution in [-0.4, -0.2) is 52.6 Å². The highest BCUT2D eigenvalue weighted by molar-refractivity contribution is 5.99. The van der Waals surface area contributed by atoms with E-state index in [1.807, 2.05) is 13.0 Å². The van der Waals surface area contributed by atoms with Gasteiger partial charge < -0.3 is 20.5 Å². The number of anilines is 2. The van der Waals surface area contributed by atoms with Crippen molar-refractivity contribution in [2.24, 2.45) is 10.9 Å². The molecular weight excluding hydrogens is 474 g/mol. The number of carboxylic acids is 1. The molecule has 198 valence electrons. The summed E-state index contributed by atoms with van der Waals surface area (Å²) < 4.78 is 5.78. The van der Waals surface area contributed by atoms with Gasteiger partial charge in [-0.1, -0.05) is 32.0 Å². The number of aliphatic carboxylic acids is 1. The number of aliphatic imine (C=N–C) groups is 1. The highest BCUT2D eigenvalue weighted by Gasteiger charge is 2.28. The molecule has 2 heterocycles. The van der Waals surface area contributed by atoms with E-state index >= 15 is 0 Å². The maximum Gasteiger partial charge on any atom is 0.324 e. The lowest BCUT2D eigenvalue weighted by Gasteiger charge is -2.20. The second kappa shape index (κ2) is 13.4. The smallest absolute Gasteiger partial charge is 0.324 e. The number of nitrogens with zero attached hydrogens (tertiary/aromatic N) is 2. The number of aryl methyl sites for hydroxylation is 1. The molecule has 10 heteroatoms. The maximum absolute atomic E-state index is 12.8. The molecule has 2 unspecified atom stereocenters. The zero-order valence-electron chi connectivity index (χ0n) is 21.5. The quantitative estimate of drug-likeness (QED) is 0.338. The van der Waals surface area contributed by atoms with Crippen molar-refractivity contribution in [1.29, 1.82) is 0 Å². The number of rotatable bonds is 12. The number of hydrogen-bond acceptors (Lipinski definition) is 6. The Kier molecular flexibility index (Phi) is 10.00. The van der Waals surface area contributed by atoms with Crippen LogP contribution in [0.4, 0.5) is 16.3 Å². The molecule has 37 heavy (non-hydrogen) atoms. The lowest BCUT2D eigenvalue weighted by atomic mass is 10.0. The standard InChI is InChI=1S/C27H35N5O5/c1-17(2)14-22(26-29-21(16-37-26)7-4-8-24(34)35)31-23(33)15-19-9-11-20(12-10-19)30-27(36)32-25-18(3)6-5-13-28-25/h5-6,9-13,17,21-22H,4,7-8,14-16H2,1-3H3,(H,31,33)(H,34,35)(H2,28,30,32,36). The van der Waals surface area contributed by atoms with E-state index in [0.717, 1.165) is 11.1 Å². The molecule has 1 aromatic heterocycles. The fraction of sp³-hybridized carbons (Fsp3) is 0.444. The number of aromatic nitrogens is 1. The second-order valence-electron chi connectivity index (χ2n) is 9.59. The second-order valence-corrected chi connectivity index (χ2v) is 9.59. The highest BCUT2D eigenvalue weighted by Crippen LogP contribution is 2.18. The van der Waals surface area contributed by atoms with Gasteiger partial charge in [0.05, 0.1) is 12.5 Å². The van der Waals surface area contributed by atoms with E-state index in [2.05, 4.69) is 39.8 Å². The van der Waals surface area contributed by atoms with Gasteiger partial charge in [0.2, 0.25) is 11.8 Å². The van der Waals surface area contributed by atoms with Gasteiger partial charge in [-0.3, -0.25) is 14.9 Å². The Morgan fingerprint density at radius 2 is 1.89 bits per heavy atom. The number of benzene rings is 1. The molecule has 3 amide bonds. The molecule has 0 aliphatic carbocycles. The highest BCUT2D eigenvalue weighted by atomic mass is 16.5. The summed E-state index contributed by atoms with van der Waals surface area (Å²) in [6.45, 7) is 6.40. The van der Waals surface area contributed by atoms with Crippen LogP contribution >= 0.6 is 0 Å². The fourth-order valence-electron chi connectivity index (χ4n) is 3.98. The summed E-state index contributed by atoms with van der Waals surface area (Å²) in [5, 5.41) is 17.3. The molecule has 4 N–H and O–H groups in total. The zero-order chi connectivity index (χ0) is 26.8. The van der Waals surface area contributed by atoms with Crippen molar-refractivity contribution < 1.29 is 24.2 Å². The number of pyridine rings is 1. The van der Waals surface area contributed by atoms with Gasteiger partial charge in [0.15, 0.2) is 0 Å². The monoisotopic (exact) mass is 509 g/mol. The largest absolute Gasteiger partial charge is 0.481 e. The van der Waals surface area contributed by atoms with Crippen molar-refractivity contribution in [2.45, 2.75) is 65.0 Å². The zero-order valence-corrected chi connectivity index (χ0v) is 21.5. The minimum atomic E-state index is -0.820. The maximum atomic E-state index is 12.8. The predicted octanol–water partition coefficient (Wildman–Crippen LogP) is 4.16. The Balaban J connectivity index is 1.52. The van der Waals surface area contributed by atoms with Crippen molar-refractivity contribution in [3.8, 4) is 0 Å². The number of amides is 3. The van der Waals surface area contributed by atoms with Crippen LogP contribution in [0.25, 0.3) is 0 Å². The topological polar surface area (TPSA) is 142 Å². The van der Waals surface area contributed by atoms with Crippen LogP contribution < -0.4 is 16.0 Å². The Bertz CT molecular complexity index is 1120. The lowest BCUT2D eigenvalue weighted by molar-refractivity contribution is -0.137. The van der Waals surface area contributed by atoms with Gasteiger partial charge in [0.1, 0.15) is 18.5 Å². The molecule has 10 nitrogen and oxygen atoms in total. The van der Waals surface area contributed by atoms with Gasteiger partial charge in [-0.05, 0) is 61.4 Å². The van der Waals surface area contributed by atoms with Crippen molar-refractivity contribution in [3.63, 3.8) is 0 Å².